The van der Waals surface area contributed by atoms with E-state index in [1.807, 2.05) is 0 Å². The van der Waals surface area contributed by atoms with Crippen LogP contribution in [0.15, 0.2) is 47.4 Å². The van der Waals surface area contributed by atoms with E-state index in [9.17, 15) is 25.6 Å². The SMILES string of the molecule is COc1ccc(S(=O)(=O)C2CCN(S(=O)(=O)Cc3cc(F)ccc3F)CC2)cc1. The molecule has 2 aromatic rings. The number of rotatable bonds is 6. The van der Waals surface area contributed by atoms with Crippen LogP contribution < -0.4 is 4.74 Å². The third-order valence-electron chi connectivity index (χ3n) is 4.97. The van der Waals surface area contributed by atoms with Crippen molar-refractivity contribution in [3.05, 3.63) is 59.7 Å². The molecule has 29 heavy (non-hydrogen) atoms. The highest BCUT2D eigenvalue weighted by Crippen LogP contribution is 2.28. The largest absolute Gasteiger partial charge is 0.497 e. The van der Waals surface area contributed by atoms with Crippen molar-refractivity contribution in [2.45, 2.75) is 28.7 Å². The average molecular weight is 446 g/mol. The van der Waals surface area contributed by atoms with Crippen LogP contribution in [0, 0.1) is 11.6 Å². The fourth-order valence-corrected chi connectivity index (χ4v) is 6.62. The minimum absolute atomic E-state index is 0.000675. The second-order valence-corrected chi connectivity index (χ2v) is 11.0. The molecule has 1 fully saturated rings. The molecule has 0 aromatic heterocycles. The Bertz CT molecular complexity index is 1080. The van der Waals surface area contributed by atoms with Crippen molar-refractivity contribution in [1.29, 1.82) is 0 Å². The lowest BCUT2D eigenvalue weighted by Gasteiger charge is -2.31. The molecule has 3 rings (SSSR count). The van der Waals surface area contributed by atoms with Crippen molar-refractivity contribution in [2.75, 3.05) is 20.2 Å². The normalized spacial score (nSPS) is 16.7. The van der Waals surface area contributed by atoms with Crippen LogP contribution in [-0.4, -0.2) is 46.6 Å². The molecule has 0 atom stereocenters. The van der Waals surface area contributed by atoms with Crippen LogP contribution >= 0.6 is 0 Å². The molecule has 1 aliphatic heterocycles. The molecule has 0 radical (unpaired) electrons. The molecule has 0 saturated carbocycles. The van der Waals surface area contributed by atoms with Gasteiger partial charge in [0, 0.05) is 18.7 Å². The van der Waals surface area contributed by atoms with Crippen LogP contribution in [0.25, 0.3) is 0 Å². The molecule has 0 amide bonds. The molecule has 1 aliphatic rings. The highest BCUT2D eigenvalue weighted by atomic mass is 32.2. The number of halogens is 2. The molecule has 10 heteroatoms. The number of nitrogens with zero attached hydrogens (tertiary/aromatic N) is 1. The van der Waals surface area contributed by atoms with Crippen LogP contribution in [0.5, 0.6) is 5.75 Å². The van der Waals surface area contributed by atoms with E-state index in [0.717, 1.165) is 22.5 Å². The van der Waals surface area contributed by atoms with Crippen molar-refractivity contribution < 1.29 is 30.4 Å². The lowest BCUT2D eigenvalue weighted by Crippen LogP contribution is -2.43. The van der Waals surface area contributed by atoms with Gasteiger partial charge in [-0.1, -0.05) is 0 Å². The first kappa shape index (κ1) is 21.7. The predicted octanol–water partition coefficient (Wildman–Crippen LogP) is 2.74. The summed E-state index contributed by atoms with van der Waals surface area (Å²) in [7, 11) is -6.04. The number of hydrogen-bond acceptors (Lipinski definition) is 5. The smallest absolute Gasteiger partial charge is 0.218 e. The van der Waals surface area contributed by atoms with Crippen LogP contribution in [0.3, 0.4) is 0 Å². The number of hydrogen-bond donors (Lipinski definition) is 0. The van der Waals surface area contributed by atoms with Gasteiger partial charge in [0.15, 0.2) is 9.84 Å². The summed E-state index contributed by atoms with van der Waals surface area (Å²) in [6.45, 7) is -0.00135. The average Bonchev–Trinajstić information content (AvgIpc) is 2.70. The van der Waals surface area contributed by atoms with Crippen molar-refractivity contribution in [1.82, 2.24) is 4.31 Å². The van der Waals surface area contributed by atoms with Crippen LogP contribution in [-0.2, 0) is 25.6 Å². The molecule has 1 saturated heterocycles. The van der Waals surface area contributed by atoms with E-state index in [-0.39, 0.29) is 36.4 Å². The number of ether oxygens (including phenoxy) is 1. The van der Waals surface area contributed by atoms with Crippen molar-refractivity contribution in [2.24, 2.45) is 0 Å². The van der Waals surface area contributed by atoms with E-state index in [1.165, 1.54) is 19.2 Å². The number of benzene rings is 2. The molecule has 158 valence electrons. The maximum absolute atomic E-state index is 13.8. The number of sulfone groups is 1. The maximum atomic E-state index is 13.8. The summed E-state index contributed by atoms with van der Waals surface area (Å²) in [4.78, 5) is 0.154. The monoisotopic (exact) mass is 445 g/mol. The summed E-state index contributed by atoms with van der Waals surface area (Å²) < 4.78 is 84.1. The fourth-order valence-electron chi connectivity index (χ4n) is 3.32. The Labute approximate surface area is 169 Å². The molecule has 2 aromatic carbocycles. The topological polar surface area (TPSA) is 80.8 Å². The summed E-state index contributed by atoms with van der Waals surface area (Å²) in [5.41, 5.74) is -0.252. The molecule has 0 aliphatic carbocycles. The zero-order valence-electron chi connectivity index (χ0n) is 15.7. The highest BCUT2D eigenvalue weighted by Gasteiger charge is 2.35. The van der Waals surface area contributed by atoms with Gasteiger partial charge in [-0.3, -0.25) is 0 Å². The molecule has 1 heterocycles. The van der Waals surface area contributed by atoms with E-state index < -0.39 is 42.5 Å². The minimum Gasteiger partial charge on any atom is -0.497 e. The van der Waals surface area contributed by atoms with E-state index in [1.54, 1.807) is 12.1 Å². The van der Waals surface area contributed by atoms with Crippen LogP contribution in [0.1, 0.15) is 18.4 Å². The van der Waals surface area contributed by atoms with Crippen LogP contribution in [0.4, 0.5) is 8.78 Å². The third-order valence-corrected chi connectivity index (χ3v) is 9.07. The third kappa shape index (κ3) is 4.76. The minimum atomic E-state index is -3.90. The quantitative estimate of drug-likeness (QED) is 0.683. The van der Waals surface area contributed by atoms with E-state index >= 15 is 0 Å². The van der Waals surface area contributed by atoms with E-state index in [2.05, 4.69) is 0 Å². The second-order valence-electron chi connectivity index (χ2n) is 6.81. The second kappa shape index (κ2) is 8.37. The van der Waals surface area contributed by atoms with E-state index in [4.69, 9.17) is 4.74 Å². The standard InChI is InChI=1S/C19H21F2NO5S2/c1-27-16-3-5-17(6-4-16)29(25,26)18-8-10-22(11-9-18)28(23,24)13-14-12-15(20)2-7-19(14)21/h2-7,12,18H,8-11,13H2,1H3. The Kier molecular flexibility index (Phi) is 6.25. The van der Waals surface area contributed by atoms with Gasteiger partial charge in [0.25, 0.3) is 0 Å². The van der Waals surface area contributed by atoms with Gasteiger partial charge in [-0.15, -0.1) is 0 Å². The van der Waals surface area contributed by atoms with Gasteiger partial charge >= 0.3 is 0 Å². The van der Waals surface area contributed by atoms with Gasteiger partial charge in [0.05, 0.1) is 23.0 Å². The Morgan fingerprint density at radius 1 is 1.00 bits per heavy atom. The van der Waals surface area contributed by atoms with Gasteiger partial charge in [-0.05, 0) is 55.3 Å². The molecule has 0 unspecified atom stereocenters. The molecule has 6 nitrogen and oxygen atoms in total. The van der Waals surface area contributed by atoms with Gasteiger partial charge in [0.1, 0.15) is 17.4 Å². The van der Waals surface area contributed by atoms with Crippen molar-refractivity contribution in [3.8, 4) is 5.75 Å². The number of sulfonamides is 1. The Morgan fingerprint density at radius 2 is 1.62 bits per heavy atom. The molecule has 0 spiro atoms. The predicted molar refractivity (Wildman–Crippen MR) is 104 cm³/mol. The van der Waals surface area contributed by atoms with Crippen molar-refractivity contribution in [3.63, 3.8) is 0 Å². The number of piperidine rings is 1. The zero-order chi connectivity index (χ0) is 21.2. The molecule has 0 N–H and O–H groups in total. The Morgan fingerprint density at radius 3 is 2.21 bits per heavy atom. The zero-order valence-corrected chi connectivity index (χ0v) is 17.3. The summed E-state index contributed by atoms with van der Waals surface area (Å²) in [6, 6.07) is 8.69. The fraction of sp³-hybridized carbons (Fsp3) is 0.368. The molecular formula is C19H21F2NO5S2. The van der Waals surface area contributed by atoms with Crippen LogP contribution in [0.2, 0.25) is 0 Å². The van der Waals surface area contributed by atoms with Gasteiger partial charge in [-0.2, -0.15) is 0 Å². The number of methoxy groups -OCH3 is 1. The van der Waals surface area contributed by atoms with Gasteiger partial charge in [-0.25, -0.2) is 29.9 Å². The lowest BCUT2D eigenvalue weighted by molar-refractivity contribution is 0.345. The van der Waals surface area contributed by atoms with Gasteiger partial charge < -0.3 is 4.74 Å². The summed E-state index contributed by atoms with van der Waals surface area (Å²) >= 11 is 0. The van der Waals surface area contributed by atoms with Crippen molar-refractivity contribution >= 4 is 19.9 Å². The first-order chi connectivity index (χ1) is 13.6. The van der Waals surface area contributed by atoms with Gasteiger partial charge in [0.2, 0.25) is 10.0 Å². The summed E-state index contributed by atoms with van der Waals surface area (Å²) in [5, 5.41) is -0.715. The Balaban J connectivity index is 1.69. The lowest BCUT2D eigenvalue weighted by atomic mass is 10.2. The maximum Gasteiger partial charge on any atom is 0.218 e. The highest BCUT2D eigenvalue weighted by molar-refractivity contribution is 7.92. The Hall–Kier alpha value is -2.04. The summed E-state index contributed by atoms with van der Waals surface area (Å²) in [5.74, 6) is -1.66. The first-order valence-corrected chi connectivity index (χ1v) is 12.1. The molecule has 0 bridgehead atoms. The first-order valence-electron chi connectivity index (χ1n) is 8.93. The van der Waals surface area contributed by atoms with E-state index in [0.29, 0.717) is 5.75 Å². The summed E-state index contributed by atoms with van der Waals surface area (Å²) in [6.07, 6.45) is 0.248. The molecular weight excluding hydrogens is 424 g/mol.